The Morgan fingerprint density at radius 3 is 2.44 bits per heavy atom. The van der Waals surface area contributed by atoms with E-state index in [0.717, 1.165) is 0 Å². The zero-order valence-corrected chi connectivity index (χ0v) is 14.7. The van der Waals surface area contributed by atoms with Gasteiger partial charge in [0, 0.05) is 12.6 Å². The normalized spacial score (nSPS) is 10.5. The van der Waals surface area contributed by atoms with Gasteiger partial charge in [-0.25, -0.2) is 8.42 Å². The van der Waals surface area contributed by atoms with Crippen molar-refractivity contribution in [2.75, 3.05) is 20.7 Å². The summed E-state index contributed by atoms with van der Waals surface area (Å²) in [5.41, 5.74) is 0.973. The van der Waals surface area contributed by atoms with E-state index >= 15 is 0 Å². The summed E-state index contributed by atoms with van der Waals surface area (Å²) in [4.78, 5) is 11.9. The van der Waals surface area contributed by atoms with Crippen LogP contribution in [0.2, 0.25) is 0 Å². The van der Waals surface area contributed by atoms with Gasteiger partial charge < -0.3 is 10.1 Å². The number of nitrogens with one attached hydrogen (secondary N) is 2. The molecule has 0 spiro atoms. The standard InChI is InChI=1S/C18H18N2O4S/c1-19-18(21)17-8-4-3-6-14(17)7-5-13-20-25(22,23)16-11-9-15(24-2)10-12-16/h3-4,6,8-12,20H,13H2,1-2H3,(H,19,21). The summed E-state index contributed by atoms with van der Waals surface area (Å²) < 4.78 is 31.8. The molecule has 2 rings (SSSR count). The van der Waals surface area contributed by atoms with Gasteiger partial charge in [-0.2, -0.15) is 4.72 Å². The van der Waals surface area contributed by atoms with Crippen LogP contribution in [-0.4, -0.2) is 35.0 Å². The largest absolute Gasteiger partial charge is 0.497 e. The molecule has 2 N–H and O–H groups in total. The van der Waals surface area contributed by atoms with Crippen molar-refractivity contribution in [3.63, 3.8) is 0 Å². The van der Waals surface area contributed by atoms with E-state index in [1.807, 2.05) is 0 Å². The molecule has 0 unspecified atom stereocenters. The van der Waals surface area contributed by atoms with Gasteiger partial charge in [0.1, 0.15) is 5.75 Å². The van der Waals surface area contributed by atoms with Crippen LogP contribution >= 0.6 is 0 Å². The van der Waals surface area contributed by atoms with Crippen LogP contribution < -0.4 is 14.8 Å². The van der Waals surface area contributed by atoms with E-state index in [9.17, 15) is 13.2 Å². The lowest BCUT2D eigenvalue weighted by Crippen LogP contribution is -2.24. The lowest BCUT2D eigenvalue weighted by Gasteiger charge is -2.05. The lowest BCUT2D eigenvalue weighted by molar-refractivity contribution is 0.0963. The molecule has 0 bridgehead atoms. The van der Waals surface area contributed by atoms with Crippen molar-refractivity contribution in [3.8, 4) is 17.6 Å². The fourth-order valence-corrected chi connectivity index (χ4v) is 2.96. The highest BCUT2D eigenvalue weighted by Crippen LogP contribution is 2.15. The van der Waals surface area contributed by atoms with Gasteiger partial charge in [-0.1, -0.05) is 24.0 Å². The van der Waals surface area contributed by atoms with Crippen LogP contribution in [0.4, 0.5) is 0 Å². The second-order valence-electron chi connectivity index (χ2n) is 4.93. The first-order valence-corrected chi connectivity index (χ1v) is 8.90. The molecule has 0 aromatic heterocycles. The average molecular weight is 358 g/mol. The smallest absolute Gasteiger partial charge is 0.252 e. The van der Waals surface area contributed by atoms with E-state index < -0.39 is 10.0 Å². The average Bonchev–Trinajstić information content (AvgIpc) is 2.65. The van der Waals surface area contributed by atoms with Crippen LogP contribution in [0.15, 0.2) is 53.4 Å². The number of rotatable bonds is 5. The second kappa shape index (κ2) is 8.33. The Hall–Kier alpha value is -2.82. The Bertz CT molecular complexity index is 910. The number of carbonyl (C=O) groups is 1. The Balaban J connectivity index is 2.08. The molecule has 25 heavy (non-hydrogen) atoms. The van der Waals surface area contributed by atoms with Gasteiger partial charge in [-0.3, -0.25) is 4.79 Å². The number of benzene rings is 2. The van der Waals surface area contributed by atoms with Crippen LogP contribution in [0.3, 0.4) is 0 Å². The van der Waals surface area contributed by atoms with Gasteiger partial charge in [0.25, 0.3) is 5.91 Å². The van der Waals surface area contributed by atoms with Crippen molar-refractivity contribution in [1.29, 1.82) is 0 Å². The molecule has 0 fully saturated rings. The van der Waals surface area contributed by atoms with E-state index in [2.05, 4.69) is 21.9 Å². The van der Waals surface area contributed by atoms with Gasteiger partial charge >= 0.3 is 0 Å². The Labute approximate surface area is 147 Å². The minimum Gasteiger partial charge on any atom is -0.497 e. The fraction of sp³-hybridized carbons (Fsp3) is 0.167. The van der Waals surface area contributed by atoms with Gasteiger partial charge in [-0.05, 0) is 36.4 Å². The zero-order chi connectivity index (χ0) is 18.3. The summed E-state index contributed by atoms with van der Waals surface area (Å²) in [5, 5.41) is 2.54. The topological polar surface area (TPSA) is 84.5 Å². The Morgan fingerprint density at radius 1 is 1.12 bits per heavy atom. The summed E-state index contributed by atoms with van der Waals surface area (Å²) in [5.74, 6) is 5.86. The van der Waals surface area contributed by atoms with Gasteiger partial charge in [-0.15, -0.1) is 0 Å². The molecule has 0 heterocycles. The minimum absolute atomic E-state index is 0.0730. The molecule has 2 aromatic rings. The highest BCUT2D eigenvalue weighted by Gasteiger charge is 2.12. The summed E-state index contributed by atoms with van der Waals surface area (Å²) >= 11 is 0. The summed E-state index contributed by atoms with van der Waals surface area (Å²) in [6.45, 7) is -0.0730. The maximum absolute atomic E-state index is 12.2. The molecule has 0 aliphatic rings. The second-order valence-corrected chi connectivity index (χ2v) is 6.69. The van der Waals surface area contributed by atoms with Crippen molar-refractivity contribution in [2.24, 2.45) is 0 Å². The molecule has 2 aromatic carbocycles. The fourth-order valence-electron chi connectivity index (χ4n) is 2.03. The summed E-state index contributed by atoms with van der Waals surface area (Å²) in [6.07, 6.45) is 0. The maximum atomic E-state index is 12.2. The molecule has 6 nitrogen and oxygen atoms in total. The van der Waals surface area contributed by atoms with Crippen LogP contribution in [0.1, 0.15) is 15.9 Å². The van der Waals surface area contributed by atoms with E-state index in [4.69, 9.17) is 4.74 Å². The number of hydrogen-bond acceptors (Lipinski definition) is 4. The molecule has 0 radical (unpaired) electrons. The predicted octanol–water partition coefficient (Wildman–Crippen LogP) is 1.38. The van der Waals surface area contributed by atoms with Crippen molar-refractivity contribution < 1.29 is 17.9 Å². The molecule has 0 saturated heterocycles. The Morgan fingerprint density at radius 2 is 1.80 bits per heavy atom. The van der Waals surface area contributed by atoms with Crippen molar-refractivity contribution in [2.45, 2.75) is 4.90 Å². The number of sulfonamides is 1. The predicted molar refractivity (Wildman–Crippen MR) is 94.9 cm³/mol. The van der Waals surface area contributed by atoms with Gasteiger partial charge in [0.2, 0.25) is 10.0 Å². The van der Waals surface area contributed by atoms with E-state index in [0.29, 0.717) is 16.9 Å². The zero-order valence-electron chi connectivity index (χ0n) is 13.9. The van der Waals surface area contributed by atoms with E-state index in [1.165, 1.54) is 26.3 Å². The lowest BCUT2D eigenvalue weighted by atomic mass is 10.1. The quantitative estimate of drug-likeness (QED) is 0.791. The third-order valence-electron chi connectivity index (χ3n) is 3.34. The number of amides is 1. The molecule has 0 aliphatic carbocycles. The van der Waals surface area contributed by atoms with Crippen LogP contribution in [0, 0.1) is 11.8 Å². The third-order valence-corrected chi connectivity index (χ3v) is 4.76. The van der Waals surface area contributed by atoms with Crippen molar-refractivity contribution >= 4 is 15.9 Å². The molecule has 7 heteroatoms. The molecular weight excluding hydrogens is 340 g/mol. The SMILES string of the molecule is CNC(=O)c1ccccc1C#CCNS(=O)(=O)c1ccc(OC)cc1. The van der Waals surface area contributed by atoms with E-state index in [-0.39, 0.29) is 17.3 Å². The van der Waals surface area contributed by atoms with Crippen molar-refractivity contribution in [3.05, 3.63) is 59.7 Å². The van der Waals surface area contributed by atoms with Gasteiger partial charge in [0.15, 0.2) is 0 Å². The number of ether oxygens (including phenoxy) is 1. The first kappa shape index (κ1) is 18.5. The highest BCUT2D eigenvalue weighted by atomic mass is 32.2. The van der Waals surface area contributed by atoms with Crippen LogP contribution in [-0.2, 0) is 10.0 Å². The third kappa shape index (κ3) is 4.83. The maximum Gasteiger partial charge on any atom is 0.252 e. The van der Waals surface area contributed by atoms with Gasteiger partial charge in [0.05, 0.1) is 24.1 Å². The Kier molecular flexibility index (Phi) is 6.17. The van der Waals surface area contributed by atoms with Crippen LogP contribution in [0.5, 0.6) is 5.75 Å². The molecule has 0 atom stereocenters. The number of hydrogen-bond donors (Lipinski definition) is 2. The van der Waals surface area contributed by atoms with Crippen molar-refractivity contribution in [1.82, 2.24) is 10.0 Å². The van der Waals surface area contributed by atoms with Crippen LogP contribution in [0.25, 0.3) is 0 Å². The number of carbonyl (C=O) groups excluding carboxylic acids is 1. The number of methoxy groups -OCH3 is 1. The molecular formula is C18H18N2O4S. The summed E-state index contributed by atoms with van der Waals surface area (Å²) in [7, 11) is -0.613. The minimum atomic E-state index is -3.66. The molecule has 1 amide bonds. The molecule has 0 saturated carbocycles. The first-order chi connectivity index (χ1) is 12.0. The van der Waals surface area contributed by atoms with E-state index in [1.54, 1.807) is 36.4 Å². The molecule has 130 valence electrons. The molecule has 0 aliphatic heterocycles. The first-order valence-electron chi connectivity index (χ1n) is 7.41. The highest BCUT2D eigenvalue weighted by molar-refractivity contribution is 7.89. The summed E-state index contributed by atoms with van der Waals surface area (Å²) in [6, 6.07) is 12.9. The monoisotopic (exact) mass is 358 g/mol.